The van der Waals surface area contributed by atoms with Gasteiger partial charge in [0, 0.05) is 29.7 Å². The number of likely N-dealkylation sites (tertiary alicyclic amines) is 1. The number of piperidine rings is 1. The van der Waals surface area contributed by atoms with Crippen LogP contribution in [0.25, 0.3) is 0 Å². The van der Waals surface area contributed by atoms with Crippen LogP contribution in [0.2, 0.25) is 10.0 Å². The molecule has 2 N–H and O–H groups in total. The van der Waals surface area contributed by atoms with Gasteiger partial charge in [-0.05, 0) is 47.9 Å². The number of carbonyl (C=O) groups excluding carboxylic acids is 1. The van der Waals surface area contributed by atoms with E-state index in [1.165, 1.54) is 12.1 Å². The molecule has 0 bridgehead atoms. The number of rotatable bonds is 6. The molecule has 1 aliphatic heterocycles. The molecule has 34 heavy (non-hydrogen) atoms. The van der Waals surface area contributed by atoms with Gasteiger partial charge >= 0.3 is 6.09 Å². The van der Waals surface area contributed by atoms with Crippen molar-refractivity contribution in [1.29, 1.82) is 0 Å². The van der Waals surface area contributed by atoms with Crippen molar-refractivity contribution in [2.24, 2.45) is 5.92 Å². The Morgan fingerprint density at radius 2 is 1.91 bits per heavy atom. The summed E-state index contributed by atoms with van der Waals surface area (Å²) in [6.07, 6.45) is -0.713. The molecule has 178 valence electrons. The quantitative estimate of drug-likeness (QED) is 0.414. The molecule has 1 fully saturated rings. The van der Waals surface area contributed by atoms with E-state index in [9.17, 15) is 14.3 Å². The Labute approximate surface area is 208 Å². The molecule has 4 rings (SSSR count). The number of aliphatic hydroxyl groups excluding tert-OH is 1. The van der Waals surface area contributed by atoms with Crippen molar-refractivity contribution >= 4 is 35.0 Å². The lowest BCUT2D eigenvalue weighted by Gasteiger charge is -2.40. The van der Waals surface area contributed by atoms with Crippen LogP contribution in [0, 0.1) is 11.7 Å². The van der Waals surface area contributed by atoms with Gasteiger partial charge in [-0.1, -0.05) is 65.7 Å². The molecule has 8 heteroatoms. The SMILES string of the molecule is O=C(OCc1ccccc1)N1CC[C@@H](O)[C@H]([C@H](Nc2ccc(F)c(Cl)c2)c2cccc(Cl)c2)C1. The van der Waals surface area contributed by atoms with Gasteiger partial charge in [-0.2, -0.15) is 0 Å². The van der Waals surface area contributed by atoms with Crippen molar-refractivity contribution in [3.63, 3.8) is 0 Å². The average molecular weight is 503 g/mol. The summed E-state index contributed by atoms with van der Waals surface area (Å²) in [6, 6.07) is 20.7. The Bertz CT molecular complexity index is 1130. The normalized spacial score (nSPS) is 18.9. The van der Waals surface area contributed by atoms with Crippen LogP contribution >= 0.6 is 23.2 Å². The number of hydrogen-bond donors (Lipinski definition) is 2. The van der Waals surface area contributed by atoms with Crippen LogP contribution < -0.4 is 5.32 Å². The van der Waals surface area contributed by atoms with Gasteiger partial charge in [0.15, 0.2) is 0 Å². The maximum absolute atomic E-state index is 13.7. The molecular weight excluding hydrogens is 478 g/mol. The summed E-state index contributed by atoms with van der Waals surface area (Å²) in [6.45, 7) is 0.831. The third kappa shape index (κ3) is 6.00. The Kier molecular flexibility index (Phi) is 7.93. The average Bonchev–Trinajstić information content (AvgIpc) is 2.84. The minimum Gasteiger partial charge on any atom is -0.445 e. The van der Waals surface area contributed by atoms with E-state index in [0.717, 1.165) is 11.1 Å². The lowest BCUT2D eigenvalue weighted by molar-refractivity contribution is 0.0117. The molecule has 3 aromatic carbocycles. The Balaban J connectivity index is 1.54. The first kappa shape index (κ1) is 24.3. The van der Waals surface area contributed by atoms with E-state index >= 15 is 0 Å². The zero-order valence-electron chi connectivity index (χ0n) is 18.3. The van der Waals surface area contributed by atoms with Gasteiger partial charge < -0.3 is 20.1 Å². The topological polar surface area (TPSA) is 61.8 Å². The first-order chi connectivity index (χ1) is 16.4. The van der Waals surface area contributed by atoms with E-state index < -0.39 is 24.1 Å². The molecule has 0 radical (unpaired) electrons. The summed E-state index contributed by atoms with van der Waals surface area (Å²) < 4.78 is 19.2. The van der Waals surface area contributed by atoms with Crippen LogP contribution in [0.4, 0.5) is 14.9 Å². The van der Waals surface area contributed by atoms with Gasteiger partial charge in [-0.25, -0.2) is 9.18 Å². The molecule has 0 aromatic heterocycles. The zero-order valence-corrected chi connectivity index (χ0v) is 19.8. The van der Waals surface area contributed by atoms with E-state index in [2.05, 4.69) is 5.32 Å². The Hall–Kier alpha value is -2.80. The van der Waals surface area contributed by atoms with Gasteiger partial charge in [0.1, 0.15) is 12.4 Å². The molecule has 0 saturated carbocycles. The van der Waals surface area contributed by atoms with Crippen LogP contribution in [-0.4, -0.2) is 35.3 Å². The maximum Gasteiger partial charge on any atom is 0.410 e. The highest BCUT2D eigenvalue weighted by atomic mass is 35.5. The minimum atomic E-state index is -0.675. The van der Waals surface area contributed by atoms with Gasteiger partial charge in [0.25, 0.3) is 0 Å². The molecule has 1 saturated heterocycles. The summed E-state index contributed by atoms with van der Waals surface area (Å²) in [5.41, 5.74) is 2.32. The zero-order chi connectivity index (χ0) is 24.1. The standard InChI is InChI=1S/C26H25Cl2FN2O3/c27-19-8-4-7-18(13-19)25(30-20-9-10-23(29)22(28)14-20)21-15-31(12-11-24(21)32)26(33)34-16-17-5-2-1-3-6-17/h1-10,13-14,21,24-25,30,32H,11-12,15-16H2/t21-,24-,25-/m1/s1. The largest absolute Gasteiger partial charge is 0.445 e. The molecule has 5 nitrogen and oxygen atoms in total. The molecule has 1 amide bonds. The smallest absolute Gasteiger partial charge is 0.410 e. The molecule has 1 aliphatic rings. The van der Waals surface area contributed by atoms with E-state index in [0.29, 0.717) is 23.7 Å². The van der Waals surface area contributed by atoms with Crippen molar-refractivity contribution in [1.82, 2.24) is 4.90 Å². The highest BCUT2D eigenvalue weighted by Crippen LogP contribution is 2.35. The van der Waals surface area contributed by atoms with Gasteiger partial charge in [0.2, 0.25) is 0 Å². The number of amides is 1. The fourth-order valence-electron chi connectivity index (χ4n) is 4.18. The number of carbonyl (C=O) groups is 1. The van der Waals surface area contributed by atoms with Crippen LogP contribution in [0.3, 0.4) is 0 Å². The van der Waals surface area contributed by atoms with Crippen molar-refractivity contribution in [3.8, 4) is 0 Å². The highest BCUT2D eigenvalue weighted by Gasteiger charge is 2.37. The van der Waals surface area contributed by atoms with Crippen molar-refractivity contribution in [2.45, 2.75) is 25.2 Å². The van der Waals surface area contributed by atoms with Gasteiger partial charge in [-0.15, -0.1) is 0 Å². The number of nitrogens with zero attached hydrogens (tertiary/aromatic N) is 1. The highest BCUT2D eigenvalue weighted by molar-refractivity contribution is 6.31. The van der Waals surface area contributed by atoms with Gasteiger partial charge in [0.05, 0.1) is 17.2 Å². The van der Waals surface area contributed by atoms with Crippen LogP contribution in [0.5, 0.6) is 0 Å². The van der Waals surface area contributed by atoms with E-state index in [1.807, 2.05) is 48.5 Å². The third-order valence-electron chi connectivity index (χ3n) is 5.96. The summed E-state index contributed by atoms with van der Waals surface area (Å²) >= 11 is 12.2. The number of benzene rings is 3. The van der Waals surface area contributed by atoms with Gasteiger partial charge in [-0.3, -0.25) is 0 Å². The Morgan fingerprint density at radius 1 is 1.12 bits per heavy atom. The van der Waals surface area contributed by atoms with Crippen LogP contribution in [0.15, 0.2) is 72.8 Å². The predicted octanol–water partition coefficient (Wildman–Crippen LogP) is 6.31. The van der Waals surface area contributed by atoms with Crippen LogP contribution in [-0.2, 0) is 11.3 Å². The number of ether oxygens (including phenoxy) is 1. The fourth-order valence-corrected chi connectivity index (χ4v) is 4.56. The van der Waals surface area contributed by atoms with E-state index in [4.69, 9.17) is 27.9 Å². The maximum atomic E-state index is 13.7. The minimum absolute atomic E-state index is 0.00912. The first-order valence-electron chi connectivity index (χ1n) is 11.0. The molecule has 0 aliphatic carbocycles. The predicted molar refractivity (Wildman–Crippen MR) is 132 cm³/mol. The molecule has 3 atom stereocenters. The number of nitrogens with one attached hydrogen (secondary N) is 1. The second-order valence-corrected chi connectivity index (χ2v) is 9.16. The van der Waals surface area contributed by atoms with E-state index in [-0.39, 0.29) is 24.1 Å². The number of halogens is 3. The second kappa shape index (κ2) is 11.1. The van der Waals surface area contributed by atoms with E-state index in [1.54, 1.807) is 17.0 Å². The second-order valence-electron chi connectivity index (χ2n) is 8.31. The summed E-state index contributed by atoms with van der Waals surface area (Å²) in [5.74, 6) is -0.892. The molecule has 0 unspecified atom stereocenters. The third-order valence-corrected chi connectivity index (χ3v) is 6.49. The Morgan fingerprint density at radius 3 is 2.65 bits per heavy atom. The lowest BCUT2D eigenvalue weighted by atomic mass is 9.84. The molecule has 0 spiro atoms. The first-order valence-corrected chi connectivity index (χ1v) is 11.8. The summed E-state index contributed by atoms with van der Waals surface area (Å²) in [5, 5.41) is 14.8. The monoisotopic (exact) mass is 502 g/mol. The summed E-state index contributed by atoms with van der Waals surface area (Å²) in [4.78, 5) is 14.4. The van der Waals surface area contributed by atoms with Crippen molar-refractivity contribution < 1.29 is 19.0 Å². The number of anilines is 1. The summed E-state index contributed by atoms with van der Waals surface area (Å²) in [7, 11) is 0. The number of aliphatic hydroxyl groups is 1. The molecular formula is C26H25Cl2FN2O3. The molecule has 1 heterocycles. The molecule has 3 aromatic rings. The van der Waals surface area contributed by atoms with Crippen molar-refractivity contribution in [2.75, 3.05) is 18.4 Å². The lowest BCUT2D eigenvalue weighted by Crippen LogP contribution is -2.49. The fraction of sp³-hybridized carbons (Fsp3) is 0.269. The van der Waals surface area contributed by atoms with Crippen molar-refractivity contribution in [3.05, 3.63) is 99.8 Å². The van der Waals surface area contributed by atoms with Crippen LogP contribution in [0.1, 0.15) is 23.6 Å². The number of hydrogen-bond acceptors (Lipinski definition) is 4.